The van der Waals surface area contributed by atoms with Gasteiger partial charge in [-0.2, -0.15) is 8.42 Å². The smallest absolute Gasteiger partial charge is 0.294 e. The summed E-state index contributed by atoms with van der Waals surface area (Å²) in [5.41, 5.74) is 1.07. The predicted molar refractivity (Wildman–Crippen MR) is 70.1 cm³/mol. The van der Waals surface area contributed by atoms with Gasteiger partial charge in [0.2, 0.25) is 0 Å². The standard InChI is InChI=1S/C13H20O4S/c14-11-5-3-1-2-4-6-12-7-9-13(10-8-12)18(15,16)17/h7-10,14H,1-6,11H2,(H,15,16,17). The van der Waals surface area contributed by atoms with Crippen LogP contribution in [-0.4, -0.2) is 24.7 Å². The molecule has 0 aliphatic heterocycles. The van der Waals surface area contributed by atoms with Crippen molar-refractivity contribution < 1.29 is 18.1 Å². The highest BCUT2D eigenvalue weighted by molar-refractivity contribution is 7.85. The number of hydrogen-bond donors (Lipinski definition) is 2. The summed E-state index contributed by atoms with van der Waals surface area (Å²) in [7, 11) is -4.08. The molecule has 0 atom stereocenters. The first-order valence-electron chi connectivity index (χ1n) is 6.21. The maximum Gasteiger partial charge on any atom is 0.294 e. The monoisotopic (exact) mass is 272 g/mol. The molecule has 0 aromatic heterocycles. The van der Waals surface area contributed by atoms with Crippen molar-refractivity contribution >= 4 is 10.1 Å². The first-order valence-corrected chi connectivity index (χ1v) is 7.65. The quantitative estimate of drug-likeness (QED) is 0.563. The van der Waals surface area contributed by atoms with Crippen molar-refractivity contribution in [3.8, 4) is 0 Å². The van der Waals surface area contributed by atoms with Gasteiger partial charge in [0.05, 0.1) is 4.90 Å². The van der Waals surface area contributed by atoms with E-state index in [2.05, 4.69) is 0 Å². The Hall–Kier alpha value is -0.910. The van der Waals surface area contributed by atoms with Crippen LogP contribution in [0.5, 0.6) is 0 Å². The van der Waals surface area contributed by atoms with Crippen LogP contribution in [0.3, 0.4) is 0 Å². The number of aryl methyl sites for hydroxylation is 1. The average Bonchev–Trinajstić information content (AvgIpc) is 2.33. The van der Waals surface area contributed by atoms with Crippen LogP contribution in [0.25, 0.3) is 0 Å². The fourth-order valence-corrected chi connectivity index (χ4v) is 2.28. The van der Waals surface area contributed by atoms with E-state index in [0.29, 0.717) is 0 Å². The molecule has 1 rings (SSSR count). The Morgan fingerprint density at radius 2 is 1.44 bits per heavy atom. The zero-order valence-electron chi connectivity index (χ0n) is 10.4. The maximum absolute atomic E-state index is 10.8. The second-order valence-electron chi connectivity index (χ2n) is 4.36. The zero-order valence-corrected chi connectivity index (χ0v) is 11.2. The fourth-order valence-electron chi connectivity index (χ4n) is 1.80. The number of benzene rings is 1. The molecule has 0 spiro atoms. The normalized spacial score (nSPS) is 11.7. The van der Waals surface area contributed by atoms with Crippen molar-refractivity contribution in [1.82, 2.24) is 0 Å². The van der Waals surface area contributed by atoms with Gasteiger partial charge in [-0.05, 0) is 37.0 Å². The van der Waals surface area contributed by atoms with Gasteiger partial charge >= 0.3 is 0 Å². The number of unbranched alkanes of at least 4 members (excludes halogenated alkanes) is 4. The minimum atomic E-state index is -4.08. The number of rotatable bonds is 8. The number of aliphatic hydroxyl groups is 1. The van der Waals surface area contributed by atoms with Crippen LogP contribution in [0.2, 0.25) is 0 Å². The van der Waals surface area contributed by atoms with E-state index in [1.807, 2.05) is 0 Å². The summed E-state index contributed by atoms with van der Waals surface area (Å²) < 4.78 is 30.5. The van der Waals surface area contributed by atoms with E-state index in [4.69, 9.17) is 9.66 Å². The molecular formula is C13H20O4S. The molecule has 0 unspecified atom stereocenters. The van der Waals surface area contributed by atoms with Gasteiger partial charge in [0, 0.05) is 6.61 Å². The van der Waals surface area contributed by atoms with Gasteiger partial charge in [-0.1, -0.05) is 31.4 Å². The molecule has 1 aromatic rings. The molecule has 2 N–H and O–H groups in total. The third kappa shape index (κ3) is 5.62. The molecule has 0 heterocycles. The molecule has 0 radical (unpaired) electrons. The molecule has 18 heavy (non-hydrogen) atoms. The van der Waals surface area contributed by atoms with Crippen LogP contribution in [0.15, 0.2) is 29.2 Å². The van der Waals surface area contributed by atoms with E-state index in [9.17, 15) is 8.42 Å². The Bertz CT molecular complexity index is 437. The molecule has 0 aliphatic rings. The second-order valence-corrected chi connectivity index (χ2v) is 5.78. The molecule has 4 nitrogen and oxygen atoms in total. The van der Waals surface area contributed by atoms with Crippen molar-refractivity contribution in [1.29, 1.82) is 0 Å². The Kier molecular flexibility index (Phi) is 6.32. The SMILES string of the molecule is O=S(=O)(O)c1ccc(CCCCCCCO)cc1. The molecule has 1 aromatic carbocycles. The second kappa shape index (κ2) is 7.51. The minimum absolute atomic E-state index is 0.0609. The van der Waals surface area contributed by atoms with E-state index >= 15 is 0 Å². The molecule has 0 saturated heterocycles. The van der Waals surface area contributed by atoms with E-state index in [0.717, 1.165) is 44.1 Å². The van der Waals surface area contributed by atoms with Crippen LogP contribution in [-0.2, 0) is 16.5 Å². The van der Waals surface area contributed by atoms with Gasteiger partial charge in [0.25, 0.3) is 10.1 Å². The Balaban J connectivity index is 2.32. The summed E-state index contributed by atoms with van der Waals surface area (Å²) >= 11 is 0. The van der Waals surface area contributed by atoms with Crippen LogP contribution >= 0.6 is 0 Å². The third-order valence-electron chi connectivity index (χ3n) is 2.84. The van der Waals surface area contributed by atoms with E-state index in [1.54, 1.807) is 12.1 Å². The topological polar surface area (TPSA) is 74.6 Å². The average molecular weight is 272 g/mol. The number of hydrogen-bond acceptors (Lipinski definition) is 3. The van der Waals surface area contributed by atoms with Gasteiger partial charge in [0.15, 0.2) is 0 Å². The molecular weight excluding hydrogens is 252 g/mol. The van der Waals surface area contributed by atoms with Gasteiger partial charge in [-0.25, -0.2) is 0 Å². The van der Waals surface area contributed by atoms with Gasteiger partial charge < -0.3 is 5.11 Å². The largest absolute Gasteiger partial charge is 0.396 e. The zero-order chi connectivity index (χ0) is 13.4. The lowest BCUT2D eigenvalue weighted by Gasteiger charge is -2.03. The van der Waals surface area contributed by atoms with Crippen LogP contribution in [0.1, 0.15) is 37.7 Å². The molecule has 0 bridgehead atoms. The summed E-state index contributed by atoms with van der Waals surface area (Å²) in [6.07, 6.45) is 6.10. The van der Waals surface area contributed by atoms with Crippen molar-refractivity contribution in [2.75, 3.05) is 6.61 Å². The first kappa shape index (κ1) is 15.1. The van der Waals surface area contributed by atoms with Crippen molar-refractivity contribution in [3.63, 3.8) is 0 Å². The first-order chi connectivity index (χ1) is 8.54. The lowest BCUT2D eigenvalue weighted by atomic mass is 10.1. The summed E-state index contributed by atoms with van der Waals surface area (Å²) in [5, 5.41) is 8.62. The Morgan fingerprint density at radius 3 is 2.00 bits per heavy atom. The Labute approximate surface area is 108 Å². The molecule has 0 fully saturated rings. The van der Waals surface area contributed by atoms with Crippen LogP contribution in [0.4, 0.5) is 0 Å². The third-order valence-corrected chi connectivity index (χ3v) is 3.71. The Morgan fingerprint density at radius 1 is 0.889 bits per heavy atom. The van der Waals surface area contributed by atoms with Gasteiger partial charge in [-0.15, -0.1) is 0 Å². The van der Waals surface area contributed by atoms with E-state index in [1.165, 1.54) is 12.1 Å². The van der Waals surface area contributed by atoms with Crippen molar-refractivity contribution in [3.05, 3.63) is 29.8 Å². The highest BCUT2D eigenvalue weighted by atomic mass is 32.2. The molecule has 0 aliphatic carbocycles. The van der Waals surface area contributed by atoms with Crippen LogP contribution in [0, 0.1) is 0 Å². The molecule has 5 heteroatoms. The maximum atomic E-state index is 10.8. The molecule has 0 saturated carbocycles. The highest BCUT2D eigenvalue weighted by Gasteiger charge is 2.07. The van der Waals surface area contributed by atoms with Gasteiger partial charge in [0.1, 0.15) is 0 Å². The van der Waals surface area contributed by atoms with Crippen molar-refractivity contribution in [2.45, 2.75) is 43.4 Å². The fraction of sp³-hybridized carbons (Fsp3) is 0.538. The molecule has 102 valence electrons. The predicted octanol–water partition coefficient (Wildman–Crippen LogP) is 2.42. The van der Waals surface area contributed by atoms with E-state index < -0.39 is 10.1 Å². The minimum Gasteiger partial charge on any atom is -0.396 e. The van der Waals surface area contributed by atoms with Crippen molar-refractivity contribution in [2.24, 2.45) is 0 Å². The van der Waals surface area contributed by atoms with Gasteiger partial charge in [-0.3, -0.25) is 4.55 Å². The lowest BCUT2D eigenvalue weighted by molar-refractivity contribution is 0.282. The van der Waals surface area contributed by atoms with Crippen LogP contribution < -0.4 is 0 Å². The number of aliphatic hydroxyl groups excluding tert-OH is 1. The molecule has 0 amide bonds. The summed E-state index contributed by atoms with van der Waals surface area (Å²) in [6.45, 7) is 0.261. The lowest BCUT2D eigenvalue weighted by Crippen LogP contribution is -1.98. The summed E-state index contributed by atoms with van der Waals surface area (Å²) in [6, 6.07) is 6.32. The summed E-state index contributed by atoms with van der Waals surface area (Å²) in [4.78, 5) is -0.0609. The highest BCUT2D eigenvalue weighted by Crippen LogP contribution is 2.13. The summed E-state index contributed by atoms with van der Waals surface area (Å²) in [5.74, 6) is 0. The van der Waals surface area contributed by atoms with E-state index in [-0.39, 0.29) is 11.5 Å².